The molecule has 2 aromatic carbocycles. The monoisotopic (exact) mass is 357 g/mol. The number of nitrogens with one attached hydrogen (secondary N) is 1. The number of nitrogens with zero attached hydrogens (tertiary/aromatic N) is 2. The molecule has 8 heteroatoms. The Morgan fingerprint density at radius 1 is 1.24 bits per heavy atom. The minimum atomic E-state index is -0.491. The highest BCUT2D eigenvalue weighted by atomic mass is 32.1. The fourth-order valence-electron chi connectivity index (χ4n) is 2.19. The first-order chi connectivity index (χ1) is 12.0. The van der Waals surface area contributed by atoms with E-state index in [4.69, 9.17) is 0 Å². The number of nitro groups is 1. The van der Waals surface area contributed by atoms with Crippen LogP contribution in [0.2, 0.25) is 0 Å². The Labute approximate surface area is 146 Å². The van der Waals surface area contributed by atoms with Crippen LogP contribution in [-0.2, 0) is 6.54 Å². The maximum Gasteiger partial charge on any atom is 0.269 e. The van der Waals surface area contributed by atoms with Gasteiger partial charge in [0.1, 0.15) is 15.7 Å². The fraction of sp³-hybridized carbons (Fsp3) is 0.0588. The molecule has 0 radical (unpaired) electrons. The number of halogens is 1. The van der Waals surface area contributed by atoms with Crippen LogP contribution in [-0.4, -0.2) is 15.8 Å². The van der Waals surface area contributed by atoms with Gasteiger partial charge in [-0.1, -0.05) is 24.3 Å². The molecule has 0 bridgehead atoms. The van der Waals surface area contributed by atoms with Gasteiger partial charge >= 0.3 is 0 Å². The molecule has 0 aliphatic rings. The molecule has 1 amide bonds. The number of aromatic nitrogens is 1. The number of non-ortho nitro benzene ring substituents is 1. The van der Waals surface area contributed by atoms with Crippen LogP contribution in [0.1, 0.15) is 15.2 Å². The first kappa shape index (κ1) is 16.7. The standard InChI is InChI=1S/C17H12FN3O3S/c18-14-7-2-1-6-13(14)17-20-10-15(25-17)16(22)19-9-11-4-3-5-12(8-11)21(23)24/h1-8,10H,9H2,(H,19,22). The van der Waals surface area contributed by atoms with E-state index >= 15 is 0 Å². The number of hydrogen-bond donors (Lipinski definition) is 1. The van der Waals surface area contributed by atoms with E-state index in [9.17, 15) is 19.3 Å². The Morgan fingerprint density at radius 3 is 2.80 bits per heavy atom. The molecule has 0 aliphatic heterocycles. The summed E-state index contributed by atoms with van der Waals surface area (Å²) in [6, 6.07) is 12.2. The lowest BCUT2D eigenvalue weighted by molar-refractivity contribution is -0.384. The van der Waals surface area contributed by atoms with Crippen molar-refractivity contribution in [2.45, 2.75) is 6.54 Å². The molecule has 0 atom stereocenters. The van der Waals surface area contributed by atoms with Crippen LogP contribution < -0.4 is 5.32 Å². The normalized spacial score (nSPS) is 10.4. The minimum Gasteiger partial charge on any atom is -0.347 e. The third kappa shape index (κ3) is 3.86. The number of hydrogen-bond acceptors (Lipinski definition) is 5. The lowest BCUT2D eigenvalue weighted by atomic mass is 10.2. The second kappa shape index (κ2) is 7.18. The van der Waals surface area contributed by atoms with E-state index in [2.05, 4.69) is 10.3 Å². The average Bonchev–Trinajstić information content (AvgIpc) is 3.10. The molecule has 0 spiro atoms. The summed E-state index contributed by atoms with van der Waals surface area (Å²) in [6.07, 6.45) is 1.38. The zero-order valence-electron chi connectivity index (χ0n) is 12.8. The zero-order chi connectivity index (χ0) is 17.8. The molecule has 1 N–H and O–H groups in total. The van der Waals surface area contributed by atoms with Gasteiger partial charge in [0.2, 0.25) is 0 Å². The highest BCUT2D eigenvalue weighted by Crippen LogP contribution is 2.27. The average molecular weight is 357 g/mol. The summed E-state index contributed by atoms with van der Waals surface area (Å²) in [5.41, 5.74) is 0.915. The third-order valence-electron chi connectivity index (χ3n) is 3.41. The SMILES string of the molecule is O=C(NCc1cccc([N+](=O)[O-])c1)c1cnc(-c2ccccc2F)s1. The number of thiazole rings is 1. The molecule has 0 saturated heterocycles. The summed E-state index contributed by atoms with van der Waals surface area (Å²) in [7, 11) is 0. The zero-order valence-corrected chi connectivity index (χ0v) is 13.6. The molecule has 0 aliphatic carbocycles. The number of rotatable bonds is 5. The maximum atomic E-state index is 13.8. The Bertz CT molecular complexity index is 942. The summed E-state index contributed by atoms with van der Waals surface area (Å²) in [5.74, 6) is -0.771. The van der Waals surface area contributed by atoms with Crippen molar-refractivity contribution in [2.24, 2.45) is 0 Å². The summed E-state index contributed by atoms with van der Waals surface area (Å²) in [5, 5.41) is 13.9. The van der Waals surface area contributed by atoms with Crippen LogP contribution >= 0.6 is 11.3 Å². The topological polar surface area (TPSA) is 85.1 Å². The molecule has 3 rings (SSSR count). The molecular formula is C17H12FN3O3S. The van der Waals surface area contributed by atoms with Crippen LogP contribution in [0.5, 0.6) is 0 Å². The maximum absolute atomic E-state index is 13.8. The second-order valence-corrected chi connectivity index (χ2v) is 6.15. The van der Waals surface area contributed by atoms with Gasteiger partial charge in [-0.25, -0.2) is 9.37 Å². The first-order valence-electron chi connectivity index (χ1n) is 7.27. The Kier molecular flexibility index (Phi) is 4.80. The van der Waals surface area contributed by atoms with Crippen molar-refractivity contribution in [3.05, 3.63) is 81.1 Å². The first-order valence-corrected chi connectivity index (χ1v) is 8.08. The molecule has 0 fully saturated rings. The van der Waals surface area contributed by atoms with E-state index in [0.717, 1.165) is 11.3 Å². The number of amides is 1. The number of nitro benzene ring substituents is 1. The van der Waals surface area contributed by atoms with Gasteiger partial charge in [-0.2, -0.15) is 0 Å². The third-order valence-corrected chi connectivity index (χ3v) is 4.44. The molecule has 3 aromatic rings. The second-order valence-electron chi connectivity index (χ2n) is 5.12. The highest BCUT2D eigenvalue weighted by molar-refractivity contribution is 7.16. The number of carbonyl (C=O) groups is 1. The summed E-state index contributed by atoms with van der Waals surface area (Å²) in [6.45, 7) is 0.146. The van der Waals surface area contributed by atoms with Gasteiger partial charge in [0, 0.05) is 24.2 Å². The van der Waals surface area contributed by atoms with Gasteiger partial charge < -0.3 is 5.32 Å². The Balaban J connectivity index is 1.69. The van der Waals surface area contributed by atoms with E-state index in [1.807, 2.05) is 0 Å². The molecule has 1 heterocycles. The number of benzene rings is 2. The summed E-state index contributed by atoms with van der Waals surface area (Å²) >= 11 is 1.08. The van der Waals surface area contributed by atoms with Crippen molar-refractivity contribution in [2.75, 3.05) is 0 Å². The summed E-state index contributed by atoms with van der Waals surface area (Å²) in [4.78, 5) is 26.9. The van der Waals surface area contributed by atoms with Gasteiger partial charge in [0.15, 0.2) is 0 Å². The molecule has 126 valence electrons. The predicted octanol–water partition coefficient (Wildman–Crippen LogP) is 3.79. The largest absolute Gasteiger partial charge is 0.347 e. The van der Waals surface area contributed by atoms with E-state index < -0.39 is 10.7 Å². The van der Waals surface area contributed by atoms with Crippen molar-refractivity contribution in [3.8, 4) is 10.6 Å². The van der Waals surface area contributed by atoms with Crippen LogP contribution in [0.4, 0.5) is 10.1 Å². The molecule has 0 saturated carbocycles. The Hall–Kier alpha value is -3.13. The molecule has 6 nitrogen and oxygen atoms in total. The van der Waals surface area contributed by atoms with Gasteiger partial charge in [-0.15, -0.1) is 11.3 Å². The quantitative estimate of drug-likeness (QED) is 0.556. The lowest BCUT2D eigenvalue weighted by Crippen LogP contribution is -2.21. The van der Waals surface area contributed by atoms with Crippen molar-refractivity contribution >= 4 is 22.9 Å². The number of carbonyl (C=O) groups excluding carboxylic acids is 1. The highest BCUT2D eigenvalue weighted by Gasteiger charge is 2.14. The van der Waals surface area contributed by atoms with Gasteiger partial charge in [0.05, 0.1) is 11.1 Å². The van der Waals surface area contributed by atoms with Crippen LogP contribution in [0.15, 0.2) is 54.7 Å². The Morgan fingerprint density at radius 2 is 2.04 bits per heavy atom. The van der Waals surface area contributed by atoms with Gasteiger partial charge in [-0.05, 0) is 17.7 Å². The summed E-state index contributed by atoms with van der Waals surface area (Å²) < 4.78 is 13.8. The molecule has 25 heavy (non-hydrogen) atoms. The lowest BCUT2D eigenvalue weighted by Gasteiger charge is -2.03. The molecular weight excluding hydrogens is 345 g/mol. The predicted molar refractivity (Wildman–Crippen MR) is 91.8 cm³/mol. The van der Waals surface area contributed by atoms with Gasteiger partial charge in [0.25, 0.3) is 11.6 Å². The van der Waals surface area contributed by atoms with Crippen LogP contribution in [0.3, 0.4) is 0 Å². The van der Waals surface area contributed by atoms with Crippen LogP contribution in [0.25, 0.3) is 10.6 Å². The molecule has 0 unspecified atom stereocenters. The smallest absolute Gasteiger partial charge is 0.269 e. The van der Waals surface area contributed by atoms with Crippen molar-refractivity contribution in [1.82, 2.24) is 10.3 Å². The van der Waals surface area contributed by atoms with Crippen molar-refractivity contribution in [3.63, 3.8) is 0 Å². The van der Waals surface area contributed by atoms with Gasteiger partial charge in [-0.3, -0.25) is 14.9 Å². The van der Waals surface area contributed by atoms with E-state index in [1.165, 1.54) is 24.4 Å². The van der Waals surface area contributed by atoms with Crippen molar-refractivity contribution in [1.29, 1.82) is 0 Å². The van der Waals surface area contributed by atoms with Crippen molar-refractivity contribution < 1.29 is 14.1 Å². The van der Waals surface area contributed by atoms with E-state index in [0.29, 0.717) is 21.0 Å². The van der Waals surface area contributed by atoms with E-state index in [-0.39, 0.29) is 18.1 Å². The fourth-order valence-corrected chi connectivity index (χ4v) is 3.05. The minimum absolute atomic E-state index is 0.0358. The molecule has 1 aromatic heterocycles. The van der Waals surface area contributed by atoms with Crippen LogP contribution in [0, 0.1) is 15.9 Å². The van der Waals surface area contributed by atoms with E-state index in [1.54, 1.807) is 30.3 Å².